The number of hydrogen-bond acceptors (Lipinski definition) is 3. The van der Waals surface area contributed by atoms with Gasteiger partial charge in [-0.1, -0.05) is 30.3 Å². The van der Waals surface area contributed by atoms with Gasteiger partial charge in [0.2, 0.25) is 0 Å². The quantitative estimate of drug-likeness (QED) is 0.380. The fourth-order valence-electron chi connectivity index (χ4n) is 3.47. The molecule has 2 heterocycles. The zero-order chi connectivity index (χ0) is 22.1. The molecule has 0 saturated carbocycles. The smallest absolute Gasteiger partial charge is 0.261 e. The van der Waals surface area contributed by atoms with Crippen LogP contribution in [0, 0.1) is 5.82 Å². The van der Waals surface area contributed by atoms with Crippen LogP contribution in [0.15, 0.2) is 89.7 Å². The molecule has 3 N–H and O–H groups in total. The van der Waals surface area contributed by atoms with Gasteiger partial charge in [0.1, 0.15) is 17.2 Å². The molecule has 3 aromatic carbocycles. The lowest BCUT2D eigenvalue weighted by molar-refractivity contribution is 0.102. The Morgan fingerprint density at radius 3 is 2.38 bits per heavy atom. The van der Waals surface area contributed by atoms with Crippen LogP contribution in [0.4, 0.5) is 10.1 Å². The molecule has 5 aromatic rings. The number of hydrogen-bond donors (Lipinski definition) is 3. The number of rotatable bonds is 4. The topological polar surface area (TPSA) is 90.6 Å². The fraction of sp³-hybridized carbons (Fsp3) is 0. The molecule has 0 unspecified atom stereocenters. The van der Waals surface area contributed by atoms with Gasteiger partial charge in [-0.05, 0) is 60.2 Å². The highest BCUT2D eigenvalue weighted by Gasteiger charge is 2.12. The number of carbonyl (C=O) groups is 1. The van der Waals surface area contributed by atoms with Gasteiger partial charge in [0.05, 0.1) is 11.0 Å². The van der Waals surface area contributed by atoms with Crippen molar-refractivity contribution in [2.45, 2.75) is 0 Å². The van der Waals surface area contributed by atoms with Crippen LogP contribution in [0.1, 0.15) is 10.4 Å². The average Bonchev–Trinajstić information content (AvgIpc) is 3.23. The largest absolute Gasteiger partial charge is 0.338 e. The van der Waals surface area contributed by atoms with E-state index in [4.69, 9.17) is 0 Å². The number of aromatic amines is 2. The van der Waals surface area contributed by atoms with Crippen molar-refractivity contribution in [3.05, 3.63) is 107 Å². The van der Waals surface area contributed by atoms with Crippen LogP contribution in [-0.2, 0) is 0 Å². The zero-order valence-corrected chi connectivity index (χ0v) is 16.7. The van der Waals surface area contributed by atoms with Crippen molar-refractivity contribution in [2.75, 3.05) is 5.32 Å². The molecule has 0 atom stereocenters. The van der Waals surface area contributed by atoms with Gasteiger partial charge in [-0.25, -0.2) is 9.37 Å². The third kappa shape index (κ3) is 3.79. The van der Waals surface area contributed by atoms with Crippen molar-refractivity contribution in [3.8, 4) is 22.6 Å². The molecule has 5 rings (SSSR count). The van der Waals surface area contributed by atoms with Gasteiger partial charge in [0, 0.05) is 16.9 Å². The van der Waals surface area contributed by atoms with Crippen LogP contribution in [0.3, 0.4) is 0 Å². The average molecular weight is 424 g/mol. The normalized spacial score (nSPS) is 10.9. The van der Waals surface area contributed by atoms with E-state index in [2.05, 4.69) is 20.3 Å². The van der Waals surface area contributed by atoms with E-state index in [0.29, 0.717) is 28.2 Å². The highest BCUT2D eigenvalue weighted by Crippen LogP contribution is 2.23. The summed E-state index contributed by atoms with van der Waals surface area (Å²) < 4.78 is 13.4. The Morgan fingerprint density at radius 1 is 0.844 bits per heavy atom. The number of halogens is 1. The van der Waals surface area contributed by atoms with Crippen LogP contribution >= 0.6 is 0 Å². The first-order valence-electron chi connectivity index (χ1n) is 9.93. The fourth-order valence-corrected chi connectivity index (χ4v) is 3.47. The lowest BCUT2D eigenvalue weighted by Crippen LogP contribution is -2.23. The van der Waals surface area contributed by atoms with Crippen molar-refractivity contribution in [1.82, 2.24) is 15.0 Å². The summed E-state index contributed by atoms with van der Waals surface area (Å²) in [5, 5.41) is 2.73. The minimum Gasteiger partial charge on any atom is -0.338 e. The third-order valence-corrected chi connectivity index (χ3v) is 5.10. The lowest BCUT2D eigenvalue weighted by Gasteiger charge is -2.07. The lowest BCUT2D eigenvalue weighted by atomic mass is 10.1. The molecule has 0 bridgehead atoms. The Kier molecular flexibility index (Phi) is 4.84. The van der Waals surface area contributed by atoms with Gasteiger partial charge in [-0.3, -0.25) is 9.59 Å². The van der Waals surface area contributed by atoms with E-state index >= 15 is 0 Å². The number of amides is 1. The van der Waals surface area contributed by atoms with E-state index < -0.39 is 11.5 Å². The van der Waals surface area contributed by atoms with Gasteiger partial charge in [-0.15, -0.1) is 0 Å². The zero-order valence-electron chi connectivity index (χ0n) is 16.7. The predicted octanol–water partition coefficient (Wildman–Crippen LogP) is 4.98. The molecule has 0 fully saturated rings. The summed E-state index contributed by atoms with van der Waals surface area (Å²) >= 11 is 0. The van der Waals surface area contributed by atoms with E-state index in [0.717, 1.165) is 11.1 Å². The molecule has 2 aromatic heterocycles. The molecule has 156 valence electrons. The summed E-state index contributed by atoms with van der Waals surface area (Å²) in [7, 11) is 0. The van der Waals surface area contributed by atoms with E-state index in [1.54, 1.807) is 36.4 Å². The number of carbonyl (C=O) groups excluding carboxylic acids is 1. The van der Waals surface area contributed by atoms with Gasteiger partial charge in [0.15, 0.2) is 0 Å². The maximum Gasteiger partial charge on any atom is 0.261 e. The number of benzene rings is 3. The summed E-state index contributed by atoms with van der Waals surface area (Å²) in [6.07, 6.45) is 0. The van der Waals surface area contributed by atoms with Gasteiger partial charge in [-0.2, -0.15) is 0 Å². The van der Waals surface area contributed by atoms with Gasteiger partial charge in [0.25, 0.3) is 11.5 Å². The molecule has 0 spiro atoms. The summed E-state index contributed by atoms with van der Waals surface area (Å²) in [5.74, 6) is -0.244. The van der Waals surface area contributed by atoms with Crippen LogP contribution in [0.5, 0.6) is 0 Å². The van der Waals surface area contributed by atoms with Gasteiger partial charge < -0.3 is 15.3 Å². The van der Waals surface area contributed by atoms with E-state index in [1.807, 2.05) is 30.3 Å². The molecule has 0 aliphatic rings. The second-order valence-corrected chi connectivity index (χ2v) is 7.26. The molecular weight excluding hydrogens is 407 g/mol. The van der Waals surface area contributed by atoms with Gasteiger partial charge >= 0.3 is 0 Å². The summed E-state index contributed by atoms with van der Waals surface area (Å²) in [6, 6.07) is 24.0. The standard InChI is InChI=1S/C25H17FN4O2/c26-17-8-12-21-22(14-17)29-23(28-21)16-6-9-18(10-7-16)27-24(31)19-11-13-20(30-25(19)32)15-4-2-1-3-5-15/h1-14H,(H,27,31)(H,28,29)(H,30,32). The molecule has 32 heavy (non-hydrogen) atoms. The molecule has 6 nitrogen and oxygen atoms in total. The molecule has 0 aliphatic heterocycles. The molecule has 7 heteroatoms. The van der Waals surface area contributed by atoms with E-state index in [9.17, 15) is 14.0 Å². The highest BCUT2D eigenvalue weighted by atomic mass is 19.1. The molecule has 0 aliphatic carbocycles. The highest BCUT2D eigenvalue weighted by molar-refractivity contribution is 6.04. The van der Waals surface area contributed by atoms with Crippen LogP contribution in [-0.4, -0.2) is 20.9 Å². The Labute approximate surface area is 181 Å². The Morgan fingerprint density at radius 2 is 1.62 bits per heavy atom. The monoisotopic (exact) mass is 424 g/mol. The van der Waals surface area contributed by atoms with Crippen molar-refractivity contribution in [3.63, 3.8) is 0 Å². The predicted molar refractivity (Wildman–Crippen MR) is 122 cm³/mol. The Balaban J connectivity index is 1.34. The molecule has 0 radical (unpaired) electrons. The molecule has 0 saturated heterocycles. The van der Waals surface area contributed by atoms with Crippen molar-refractivity contribution >= 4 is 22.6 Å². The van der Waals surface area contributed by atoms with Crippen molar-refractivity contribution in [1.29, 1.82) is 0 Å². The second kappa shape index (κ2) is 7.96. The number of H-pyrrole nitrogens is 2. The van der Waals surface area contributed by atoms with Crippen molar-refractivity contribution < 1.29 is 9.18 Å². The van der Waals surface area contributed by atoms with E-state index in [-0.39, 0.29) is 11.4 Å². The SMILES string of the molecule is O=C(Nc1ccc(-c2nc3ccc(F)cc3[nH]2)cc1)c1ccc(-c2ccccc2)[nH]c1=O. The molecule has 1 amide bonds. The molecular formula is C25H17FN4O2. The number of aromatic nitrogens is 3. The minimum absolute atomic E-state index is 0.0214. The first-order chi connectivity index (χ1) is 15.6. The van der Waals surface area contributed by atoms with Crippen LogP contribution < -0.4 is 10.9 Å². The first kappa shape index (κ1) is 19.4. The number of pyridine rings is 1. The summed E-state index contributed by atoms with van der Waals surface area (Å²) in [5.41, 5.74) is 3.65. The summed E-state index contributed by atoms with van der Waals surface area (Å²) in [4.78, 5) is 35.3. The van der Waals surface area contributed by atoms with Crippen LogP contribution in [0.2, 0.25) is 0 Å². The van der Waals surface area contributed by atoms with E-state index in [1.165, 1.54) is 18.2 Å². The summed E-state index contributed by atoms with van der Waals surface area (Å²) in [6.45, 7) is 0. The maximum absolute atomic E-state index is 13.4. The number of fused-ring (bicyclic) bond motifs is 1. The number of imidazole rings is 1. The number of nitrogens with one attached hydrogen (secondary N) is 3. The Hall–Kier alpha value is -4.52. The second-order valence-electron chi connectivity index (χ2n) is 7.26. The third-order valence-electron chi connectivity index (χ3n) is 5.10. The van der Waals surface area contributed by atoms with Crippen molar-refractivity contribution in [2.24, 2.45) is 0 Å². The number of anilines is 1. The maximum atomic E-state index is 13.4. The van der Waals surface area contributed by atoms with Crippen LogP contribution in [0.25, 0.3) is 33.7 Å². The minimum atomic E-state index is -0.502. The Bertz CT molecular complexity index is 1490. The first-order valence-corrected chi connectivity index (χ1v) is 9.93. The number of nitrogens with zero attached hydrogens (tertiary/aromatic N) is 1.